The third-order valence-electron chi connectivity index (χ3n) is 3.02. The van der Waals surface area contributed by atoms with Crippen LogP contribution < -0.4 is 10.5 Å². The van der Waals surface area contributed by atoms with Crippen LogP contribution in [0.4, 0.5) is 10.3 Å². The number of nitrogens with zero attached hydrogens (tertiary/aromatic N) is 4. The Morgan fingerprint density at radius 1 is 1.35 bits per heavy atom. The lowest BCUT2D eigenvalue weighted by Gasteiger charge is -2.06. The second-order valence-electron chi connectivity index (χ2n) is 4.28. The van der Waals surface area contributed by atoms with Crippen LogP contribution in [0.25, 0.3) is 22.3 Å². The van der Waals surface area contributed by atoms with E-state index >= 15 is 0 Å². The molecule has 20 heavy (non-hydrogen) atoms. The summed E-state index contributed by atoms with van der Waals surface area (Å²) in [7, 11) is 3.24. The lowest BCUT2D eigenvalue weighted by Crippen LogP contribution is -1.97. The van der Waals surface area contributed by atoms with Gasteiger partial charge in [-0.1, -0.05) is 0 Å². The highest BCUT2D eigenvalue weighted by molar-refractivity contribution is 5.92. The largest absolute Gasteiger partial charge is 0.496 e. The van der Waals surface area contributed by atoms with Crippen LogP contribution in [0, 0.1) is 5.82 Å². The molecule has 3 rings (SSSR count). The quantitative estimate of drug-likeness (QED) is 0.769. The Bertz CT molecular complexity index is 799. The van der Waals surface area contributed by atoms with E-state index in [9.17, 15) is 4.39 Å². The summed E-state index contributed by atoms with van der Waals surface area (Å²) in [4.78, 5) is 8.12. The molecule has 0 saturated carbocycles. The molecule has 3 aromatic rings. The Morgan fingerprint density at radius 2 is 2.15 bits per heavy atom. The first-order chi connectivity index (χ1) is 9.60. The van der Waals surface area contributed by atoms with Gasteiger partial charge in [-0.15, -0.1) is 0 Å². The van der Waals surface area contributed by atoms with Gasteiger partial charge in [-0.2, -0.15) is 10.1 Å². The van der Waals surface area contributed by atoms with E-state index < -0.39 is 0 Å². The third-order valence-corrected chi connectivity index (χ3v) is 3.02. The molecule has 0 amide bonds. The number of nitrogens with two attached hydrogens (primary N) is 1. The first kappa shape index (κ1) is 12.3. The fourth-order valence-corrected chi connectivity index (χ4v) is 2.11. The number of aromatic nitrogens is 4. The normalized spacial score (nSPS) is 10.9. The smallest absolute Gasteiger partial charge is 0.222 e. The Balaban J connectivity index is 2.30. The molecule has 0 aliphatic rings. The summed E-state index contributed by atoms with van der Waals surface area (Å²) in [5, 5.41) is 5.12. The van der Waals surface area contributed by atoms with Crippen LogP contribution in [0.1, 0.15) is 0 Å². The number of rotatable bonds is 2. The Labute approximate surface area is 114 Å². The highest BCUT2D eigenvalue weighted by Crippen LogP contribution is 2.33. The predicted octanol–water partition coefficient (Wildman–Crippen LogP) is 1.76. The van der Waals surface area contributed by atoms with Gasteiger partial charge in [0.1, 0.15) is 17.3 Å². The van der Waals surface area contributed by atoms with E-state index in [1.165, 1.54) is 19.2 Å². The molecule has 0 atom stereocenters. The summed E-state index contributed by atoms with van der Waals surface area (Å²) < 4.78 is 20.1. The Morgan fingerprint density at radius 3 is 2.90 bits per heavy atom. The molecule has 1 aromatic carbocycles. The summed E-state index contributed by atoms with van der Waals surface area (Å²) in [6.07, 6.45) is 1.60. The van der Waals surface area contributed by atoms with Crippen molar-refractivity contribution in [2.45, 2.75) is 0 Å². The molecule has 6 nitrogen and oxygen atoms in total. The van der Waals surface area contributed by atoms with Crippen molar-refractivity contribution in [3.63, 3.8) is 0 Å². The monoisotopic (exact) mass is 273 g/mol. The van der Waals surface area contributed by atoms with Gasteiger partial charge in [0, 0.05) is 24.9 Å². The van der Waals surface area contributed by atoms with Crippen molar-refractivity contribution in [2.75, 3.05) is 12.8 Å². The molecular formula is C13H12FN5O. The minimum atomic E-state index is -0.369. The van der Waals surface area contributed by atoms with Gasteiger partial charge in [-0.3, -0.25) is 0 Å². The zero-order chi connectivity index (χ0) is 14.3. The number of aryl methyl sites for hydroxylation is 1. The molecule has 2 heterocycles. The van der Waals surface area contributed by atoms with Gasteiger partial charge in [0.05, 0.1) is 12.5 Å². The molecule has 0 saturated heterocycles. The first-order valence-corrected chi connectivity index (χ1v) is 5.89. The molecule has 0 fully saturated rings. The molecule has 0 bridgehead atoms. The first-order valence-electron chi connectivity index (χ1n) is 5.89. The molecular weight excluding hydrogens is 261 g/mol. The molecule has 102 valence electrons. The number of hydrogen-bond acceptors (Lipinski definition) is 5. The second-order valence-corrected chi connectivity index (χ2v) is 4.28. The zero-order valence-electron chi connectivity index (χ0n) is 11.0. The molecule has 0 unspecified atom stereocenters. The van der Waals surface area contributed by atoms with Crippen LogP contribution in [0.5, 0.6) is 5.75 Å². The lowest BCUT2D eigenvalue weighted by molar-refractivity contribution is 0.413. The van der Waals surface area contributed by atoms with Gasteiger partial charge in [0.25, 0.3) is 0 Å². The third kappa shape index (κ3) is 1.83. The van der Waals surface area contributed by atoms with Gasteiger partial charge < -0.3 is 10.5 Å². The van der Waals surface area contributed by atoms with Gasteiger partial charge in [-0.05, 0) is 12.1 Å². The van der Waals surface area contributed by atoms with E-state index in [1.54, 1.807) is 24.0 Å². The van der Waals surface area contributed by atoms with E-state index in [2.05, 4.69) is 15.1 Å². The number of methoxy groups -OCH3 is 1. The molecule has 0 aliphatic carbocycles. The summed E-state index contributed by atoms with van der Waals surface area (Å²) in [5.41, 5.74) is 7.49. The number of hydrogen-bond donors (Lipinski definition) is 1. The average molecular weight is 273 g/mol. The van der Waals surface area contributed by atoms with Crippen molar-refractivity contribution in [3.05, 3.63) is 30.2 Å². The van der Waals surface area contributed by atoms with Crippen LogP contribution in [0.15, 0.2) is 24.4 Å². The van der Waals surface area contributed by atoms with Crippen molar-refractivity contribution >= 4 is 17.0 Å². The number of halogens is 1. The Kier molecular flexibility index (Phi) is 2.74. The van der Waals surface area contributed by atoms with Gasteiger partial charge >= 0.3 is 0 Å². The summed E-state index contributed by atoms with van der Waals surface area (Å²) in [6, 6.07) is 4.29. The van der Waals surface area contributed by atoms with Crippen molar-refractivity contribution < 1.29 is 9.13 Å². The number of anilines is 1. The topological polar surface area (TPSA) is 78.8 Å². The highest BCUT2D eigenvalue weighted by atomic mass is 19.1. The van der Waals surface area contributed by atoms with Crippen LogP contribution in [-0.2, 0) is 7.05 Å². The van der Waals surface area contributed by atoms with Crippen LogP contribution in [0.3, 0.4) is 0 Å². The Hall–Kier alpha value is -2.70. The fraction of sp³-hybridized carbons (Fsp3) is 0.154. The predicted molar refractivity (Wildman–Crippen MR) is 72.7 cm³/mol. The van der Waals surface area contributed by atoms with E-state index in [-0.39, 0.29) is 11.8 Å². The minimum Gasteiger partial charge on any atom is -0.496 e. The van der Waals surface area contributed by atoms with E-state index in [0.29, 0.717) is 22.7 Å². The fourth-order valence-electron chi connectivity index (χ4n) is 2.11. The highest BCUT2D eigenvalue weighted by Gasteiger charge is 2.16. The minimum absolute atomic E-state index is 0.179. The summed E-state index contributed by atoms with van der Waals surface area (Å²) in [5.74, 6) is 0.214. The lowest BCUT2D eigenvalue weighted by atomic mass is 10.1. The van der Waals surface area contributed by atoms with Gasteiger partial charge in [-0.25, -0.2) is 14.1 Å². The van der Waals surface area contributed by atoms with Crippen LogP contribution >= 0.6 is 0 Å². The number of fused-ring (bicyclic) bond motifs is 1. The van der Waals surface area contributed by atoms with Crippen LogP contribution in [0.2, 0.25) is 0 Å². The maximum Gasteiger partial charge on any atom is 0.222 e. The molecule has 2 aromatic heterocycles. The maximum absolute atomic E-state index is 13.3. The summed E-state index contributed by atoms with van der Waals surface area (Å²) >= 11 is 0. The van der Waals surface area contributed by atoms with Crippen molar-refractivity contribution in [2.24, 2.45) is 7.05 Å². The standard InChI is InChI=1S/C13H12FN5O/c1-19-12-9(6-16-13(15)17-12)11(18-19)8-4-3-7(14)5-10(8)20-2/h3-6H,1-2H3,(H2,15,16,17). The molecule has 0 spiro atoms. The molecule has 0 aliphatic heterocycles. The SMILES string of the molecule is COc1cc(F)ccc1-c1nn(C)c2nc(N)ncc12. The van der Waals surface area contributed by atoms with Crippen molar-refractivity contribution in [1.29, 1.82) is 0 Å². The van der Waals surface area contributed by atoms with Crippen molar-refractivity contribution in [1.82, 2.24) is 19.7 Å². The van der Waals surface area contributed by atoms with E-state index in [4.69, 9.17) is 10.5 Å². The zero-order valence-corrected chi connectivity index (χ0v) is 11.0. The number of ether oxygens (including phenoxy) is 1. The number of benzene rings is 1. The van der Waals surface area contributed by atoms with Crippen LogP contribution in [-0.4, -0.2) is 26.9 Å². The molecule has 2 N–H and O–H groups in total. The van der Waals surface area contributed by atoms with E-state index in [1.807, 2.05) is 0 Å². The molecule has 0 radical (unpaired) electrons. The number of nitrogen functional groups attached to an aromatic ring is 1. The van der Waals surface area contributed by atoms with Gasteiger partial charge in [0.2, 0.25) is 5.95 Å². The average Bonchev–Trinajstić information content (AvgIpc) is 2.75. The van der Waals surface area contributed by atoms with Crippen molar-refractivity contribution in [3.8, 4) is 17.0 Å². The maximum atomic E-state index is 13.3. The van der Waals surface area contributed by atoms with E-state index in [0.717, 1.165) is 5.39 Å². The summed E-state index contributed by atoms with van der Waals surface area (Å²) in [6.45, 7) is 0. The molecule has 7 heteroatoms. The second kappa shape index (κ2) is 4.44. The van der Waals surface area contributed by atoms with Gasteiger partial charge in [0.15, 0.2) is 5.65 Å².